The summed E-state index contributed by atoms with van der Waals surface area (Å²) >= 11 is 0. The second kappa shape index (κ2) is 9.41. The summed E-state index contributed by atoms with van der Waals surface area (Å²) in [6.45, 7) is 1.07. The monoisotopic (exact) mass is 440 g/mol. The maximum absolute atomic E-state index is 12.3. The number of para-hydroxylation sites is 1. The Morgan fingerprint density at radius 1 is 0.935 bits per heavy atom. The molecule has 3 aromatic rings. The van der Waals surface area contributed by atoms with E-state index in [0.717, 1.165) is 6.07 Å². The first-order valence-corrected chi connectivity index (χ1v) is 10.7. The molecular weight excluding hydrogens is 420 g/mol. The summed E-state index contributed by atoms with van der Waals surface area (Å²) in [6.07, 6.45) is 0. The molecule has 9 heteroatoms. The van der Waals surface area contributed by atoms with Crippen LogP contribution in [0.2, 0.25) is 0 Å². The van der Waals surface area contributed by atoms with Gasteiger partial charge >= 0.3 is 5.97 Å². The van der Waals surface area contributed by atoms with Gasteiger partial charge in [0.05, 0.1) is 10.5 Å². The first-order valence-electron chi connectivity index (χ1n) is 9.16. The fourth-order valence-electron chi connectivity index (χ4n) is 2.63. The summed E-state index contributed by atoms with van der Waals surface area (Å²) < 4.78 is 33.6. The third-order valence-corrected chi connectivity index (χ3v) is 5.12. The molecule has 160 valence electrons. The molecule has 0 aliphatic rings. The van der Waals surface area contributed by atoms with Crippen molar-refractivity contribution in [3.8, 4) is 11.5 Å². The van der Waals surface area contributed by atoms with E-state index in [9.17, 15) is 18.0 Å². The Balaban J connectivity index is 1.56. The predicted molar refractivity (Wildman–Crippen MR) is 114 cm³/mol. The lowest BCUT2D eigenvalue weighted by molar-refractivity contribution is -0.119. The fourth-order valence-corrected chi connectivity index (χ4v) is 3.17. The zero-order valence-electron chi connectivity index (χ0n) is 16.6. The molecule has 0 heterocycles. The topological polar surface area (TPSA) is 125 Å². The van der Waals surface area contributed by atoms with E-state index in [2.05, 4.69) is 5.32 Å². The molecular formula is C22H20N2O6S. The molecule has 0 fully saturated rings. The average Bonchev–Trinajstić information content (AvgIpc) is 2.74. The Hall–Kier alpha value is -3.69. The van der Waals surface area contributed by atoms with Crippen molar-refractivity contribution >= 4 is 27.6 Å². The van der Waals surface area contributed by atoms with Gasteiger partial charge in [0.25, 0.3) is 5.91 Å². The van der Waals surface area contributed by atoms with Crippen LogP contribution in [0.1, 0.15) is 15.9 Å². The minimum absolute atomic E-state index is 0.0155. The van der Waals surface area contributed by atoms with Crippen LogP contribution in [-0.2, 0) is 19.6 Å². The van der Waals surface area contributed by atoms with Crippen LogP contribution in [-0.4, -0.2) is 26.9 Å². The van der Waals surface area contributed by atoms with E-state index in [1.54, 1.807) is 31.2 Å². The van der Waals surface area contributed by atoms with Gasteiger partial charge in [0.15, 0.2) is 6.61 Å². The number of nitrogens with one attached hydrogen (secondary N) is 1. The highest BCUT2D eigenvalue weighted by Gasteiger charge is 2.17. The molecule has 3 rings (SSSR count). The molecule has 1 amide bonds. The minimum Gasteiger partial charge on any atom is -0.457 e. The van der Waals surface area contributed by atoms with Crippen LogP contribution in [0.25, 0.3) is 0 Å². The van der Waals surface area contributed by atoms with Crippen LogP contribution >= 0.6 is 0 Å². The molecule has 8 nitrogen and oxygen atoms in total. The van der Waals surface area contributed by atoms with E-state index in [0.29, 0.717) is 22.7 Å². The summed E-state index contributed by atoms with van der Waals surface area (Å²) in [5, 5.41) is 7.69. The first kappa shape index (κ1) is 22.0. The quantitative estimate of drug-likeness (QED) is 0.544. The number of carbonyl (C=O) groups excluding carboxylic acids is 2. The van der Waals surface area contributed by atoms with Crippen molar-refractivity contribution in [1.29, 1.82) is 0 Å². The van der Waals surface area contributed by atoms with E-state index in [4.69, 9.17) is 14.6 Å². The number of esters is 1. The molecule has 0 aliphatic heterocycles. The number of aryl methyl sites for hydroxylation is 1. The third kappa shape index (κ3) is 6.14. The first-order chi connectivity index (χ1) is 14.7. The van der Waals surface area contributed by atoms with Gasteiger partial charge in [-0.2, -0.15) is 0 Å². The standard InChI is InChI=1S/C22H20N2O6S/c1-15-7-12-19(31(23,27)28)13-20(15)22(26)29-14-21(25)24-16-8-10-18(11-9-16)30-17-5-3-2-4-6-17/h2-13H,14H2,1H3,(H,24,25)(H2,23,27,28). The van der Waals surface area contributed by atoms with Gasteiger partial charge in [-0.15, -0.1) is 0 Å². The number of carbonyl (C=O) groups is 2. The summed E-state index contributed by atoms with van der Waals surface area (Å²) in [4.78, 5) is 24.1. The number of anilines is 1. The lowest BCUT2D eigenvalue weighted by Crippen LogP contribution is -2.21. The highest BCUT2D eigenvalue weighted by molar-refractivity contribution is 7.89. The Bertz CT molecular complexity index is 1190. The van der Waals surface area contributed by atoms with Crippen LogP contribution in [0, 0.1) is 6.92 Å². The molecule has 0 bridgehead atoms. The number of rotatable bonds is 7. The molecule has 3 N–H and O–H groups in total. The Morgan fingerprint density at radius 3 is 2.23 bits per heavy atom. The van der Waals surface area contributed by atoms with E-state index < -0.39 is 28.5 Å². The Kier molecular flexibility index (Phi) is 6.68. The Labute approximate surface area is 179 Å². The second-order valence-electron chi connectivity index (χ2n) is 6.59. The van der Waals surface area contributed by atoms with E-state index in [1.165, 1.54) is 12.1 Å². The van der Waals surface area contributed by atoms with Crippen molar-refractivity contribution in [3.05, 3.63) is 83.9 Å². The number of hydrogen-bond donors (Lipinski definition) is 2. The van der Waals surface area contributed by atoms with Crippen LogP contribution in [0.3, 0.4) is 0 Å². The van der Waals surface area contributed by atoms with E-state index in [1.807, 2.05) is 30.3 Å². The highest BCUT2D eigenvalue weighted by atomic mass is 32.2. The number of amides is 1. The summed E-state index contributed by atoms with van der Waals surface area (Å²) in [7, 11) is -3.97. The lowest BCUT2D eigenvalue weighted by Gasteiger charge is -2.10. The van der Waals surface area contributed by atoms with Crippen molar-refractivity contribution in [2.24, 2.45) is 5.14 Å². The van der Waals surface area contributed by atoms with Crippen molar-refractivity contribution in [2.75, 3.05) is 11.9 Å². The number of nitrogens with two attached hydrogens (primary N) is 1. The normalized spacial score (nSPS) is 10.9. The van der Waals surface area contributed by atoms with Crippen LogP contribution in [0.5, 0.6) is 11.5 Å². The van der Waals surface area contributed by atoms with Crippen LogP contribution in [0.15, 0.2) is 77.7 Å². The summed E-state index contributed by atoms with van der Waals surface area (Å²) in [5.74, 6) is -0.0936. The largest absolute Gasteiger partial charge is 0.457 e. The van der Waals surface area contributed by atoms with Gasteiger partial charge < -0.3 is 14.8 Å². The molecule has 0 aromatic heterocycles. The number of ether oxygens (including phenoxy) is 2. The number of hydrogen-bond acceptors (Lipinski definition) is 6. The van der Waals surface area contributed by atoms with E-state index >= 15 is 0 Å². The number of benzene rings is 3. The second-order valence-corrected chi connectivity index (χ2v) is 8.15. The van der Waals surface area contributed by atoms with Crippen molar-refractivity contribution in [3.63, 3.8) is 0 Å². The molecule has 0 saturated carbocycles. The zero-order chi connectivity index (χ0) is 22.4. The van der Waals surface area contributed by atoms with Crippen LogP contribution in [0.4, 0.5) is 5.69 Å². The average molecular weight is 440 g/mol. The van der Waals surface area contributed by atoms with Crippen LogP contribution < -0.4 is 15.2 Å². The van der Waals surface area contributed by atoms with Gasteiger partial charge in [-0.1, -0.05) is 24.3 Å². The molecule has 0 radical (unpaired) electrons. The molecule has 0 spiro atoms. The molecule has 3 aromatic carbocycles. The predicted octanol–water partition coefficient (Wildman–Crippen LogP) is 3.23. The molecule has 0 saturated heterocycles. The van der Waals surface area contributed by atoms with Crippen molar-refractivity contribution in [2.45, 2.75) is 11.8 Å². The van der Waals surface area contributed by atoms with E-state index in [-0.39, 0.29) is 10.5 Å². The maximum atomic E-state index is 12.3. The number of primary sulfonamides is 1. The third-order valence-electron chi connectivity index (χ3n) is 4.21. The molecule has 31 heavy (non-hydrogen) atoms. The van der Waals surface area contributed by atoms with Gasteiger partial charge in [0.1, 0.15) is 11.5 Å². The minimum atomic E-state index is -3.97. The highest BCUT2D eigenvalue weighted by Crippen LogP contribution is 2.22. The molecule has 0 atom stereocenters. The molecule has 0 unspecified atom stereocenters. The van der Waals surface area contributed by atoms with Gasteiger partial charge in [-0.25, -0.2) is 18.4 Å². The smallest absolute Gasteiger partial charge is 0.338 e. The maximum Gasteiger partial charge on any atom is 0.338 e. The SMILES string of the molecule is Cc1ccc(S(N)(=O)=O)cc1C(=O)OCC(=O)Nc1ccc(Oc2ccccc2)cc1. The Morgan fingerprint density at radius 2 is 1.58 bits per heavy atom. The van der Waals surface area contributed by atoms with Crippen molar-refractivity contribution in [1.82, 2.24) is 0 Å². The van der Waals surface area contributed by atoms with Crippen molar-refractivity contribution < 1.29 is 27.5 Å². The summed E-state index contributed by atoms with van der Waals surface area (Å²) in [5.41, 5.74) is 1.00. The zero-order valence-corrected chi connectivity index (χ0v) is 17.4. The molecule has 0 aliphatic carbocycles. The van der Waals surface area contributed by atoms with Gasteiger partial charge in [-0.05, 0) is 61.0 Å². The summed E-state index contributed by atoms with van der Waals surface area (Å²) in [6, 6.07) is 19.8. The van der Waals surface area contributed by atoms with Gasteiger partial charge in [0.2, 0.25) is 10.0 Å². The van der Waals surface area contributed by atoms with Gasteiger partial charge in [-0.3, -0.25) is 4.79 Å². The lowest BCUT2D eigenvalue weighted by atomic mass is 10.1. The fraction of sp³-hybridized carbons (Fsp3) is 0.0909. The van der Waals surface area contributed by atoms with Gasteiger partial charge in [0, 0.05) is 5.69 Å². The number of sulfonamides is 1.